The summed E-state index contributed by atoms with van der Waals surface area (Å²) in [7, 11) is 0. The van der Waals surface area contributed by atoms with Gasteiger partial charge in [0.25, 0.3) is 5.91 Å². The van der Waals surface area contributed by atoms with Crippen molar-refractivity contribution in [2.45, 2.75) is 32.7 Å². The SMILES string of the molecule is Cc1cc2ncc(C(=O)N3CCCC3c3nnc4ccccn34)c(C)n2n1. The molecule has 0 spiro atoms. The van der Waals surface area contributed by atoms with E-state index in [4.69, 9.17) is 0 Å². The van der Waals surface area contributed by atoms with Gasteiger partial charge >= 0.3 is 0 Å². The average Bonchev–Trinajstić information content (AvgIpc) is 3.38. The van der Waals surface area contributed by atoms with E-state index in [2.05, 4.69) is 20.3 Å². The zero-order valence-electron chi connectivity index (χ0n) is 15.2. The first-order valence-corrected chi connectivity index (χ1v) is 9.06. The third kappa shape index (κ3) is 2.40. The molecule has 1 saturated heterocycles. The number of carbonyl (C=O) groups excluding carboxylic acids is 1. The quantitative estimate of drug-likeness (QED) is 0.547. The number of amides is 1. The molecule has 8 heteroatoms. The van der Waals surface area contributed by atoms with E-state index >= 15 is 0 Å². The van der Waals surface area contributed by atoms with Crippen LogP contribution in [0.15, 0.2) is 36.7 Å². The van der Waals surface area contributed by atoms with Gasteiger partial charge in [0.1, 0.15) is 0 Å². The Morgan fingerprint density at radius 2 is 2.07 bits per heavy atom. The van der Waals surface area contributed by atoms with E-state index in [0.29, 0.717) is 12.1 Å². The maximum Gasteiger partial charge on any atom is 0.257 e. The van der Waals surface area contributed by atoms with Crippen molar-refractivity contribution in [2.24, 2.45) is 0 Å². The first-order chi connectivity index (χ1) is 13.1. The highest BCUT2D eigenvalue weighted by Gasteiger charge is 2.34. The zero-order valence-corrected chi connectivity index (χ0v) is 15.2. The normalized spacial score (nSPS) is 17.3. The fourth-order valence-corrected chi connectivity index (χ4v) is 3.89. The predicted molar refractivity (Wildman–Crippen MR) is 98.5 cm³/mol. The van der Waals surface area contributed by atoms with Gasteiger partial charge in [-0.2, -0.15) is 5.10 Å². The molecule has 0 aromatic carbocycles. The van der Waals surface area contributed by atoms with Crippen molar-refractivity contribution in [3.05, 3.63) is 59.4 Å². The van der Waals surface area contributed by atoms with E-state index in [1.807, 2.05) is 53.6 Å². The van der Waals surface area contributed by atoms with Crippen LogP contribution >= 0.6 is 0 Å². The Labute approximate surface area is 155 Å². The van der Waals surface area contributed by atoms with Crippen LogP contribution < -0.4 is 0 Å². The molecule has 8 nitrogen and oxygen atoms in total. The maximum absolute atomic E-state index is 13.3. The number of hydrogen-bond acceptors (Lipinski definition) is 5. The molecular formula is C19H19N7O. The molecule has 136 valence electrons. The number of rotatable bonds is 2. The third-order valence-electron chi connectivity index (χ3n) is 5.23. The minimum atomic E-state index is -0.0932. The second kappa shape index (κ2) is 5.87. The van der Waals surface area contributed by atoms with E-state index in [1.54, 1.807) is 10.7 Å². The Balaban J connectivity index is 1.55. The van der Waals surface area contributed by atoms with Crippen LogP contribution in [-0.4, -0.2) is 46.5 Å². The zero-order chi connectivity index (χ0) is 18.5. The lowest BCUT2D eigenvalue weighted by Gasteiger charge is -2.24. The van der Waals surface area contributed by atoms with Crippen LogP contribution in [0, 0.1) is 13.8 Å². The molecule has 0 radical (unpaired) electrons. The van der Waals surface area contributed by atoms with E-state index in [9.17, 15) is 4.79 Å². The van der Waals surface area contributed by atoms with E-state index in [1.165, 1.54) is 0 Å². The second-order valence-corrected chi connectivity index (χ2v) is 6.96. The van der Waals surface area contributed by atoms with Crippen molar-refractivity contribution in [2.75, 3.05) is 6.54 Å². The summed E-state index contributed by atoms with van der Waals surface area (Å²) in [6.07, 6.45) is 5.41. The summed E-state index contributed by atoms with van der Waals surface area (Å²) < 4.78 is 3.70. The molecule has 1 fully saturated rings. The van der Waals surface area contributed by atoms with Gasteiger partial charge in [0.2, 0.25) is 0 Å². The summed E-state index contributed by atoms with van der Waals surface area (Å²) in [5, 5.41) is 13.1. The molecule has 1 amide bonds. The Hall–Kier alpha value is -3.29. The maximum atomic E-state index is 13.3. The van der Waals surface area contributed by atoms with Crippen LogP contribution in [0.4, 0.5) is 0 Å². The highest BCUT2D eigenvalue weighted by Crippen LogP contribution is 2.32. The summed E-state index contributed by atoms with van der Waals surface area (Å²) >= 11 is 0. The molecular weight excluding hydrogens is 342 g/mol. The van der Waals surface area contributed by atoms with Gasteiger partial charge in [-0.3, -0.25) is 9.20 Å². The molecule has 0 bridgehead atoms. The molecule has 27 heavy (non-hydrogen) atoms. The first kappa shape index (κ1) is 15.9. The van der Waals surface area contributed by atoms with E-state index in [-0.39, 0.29) is 11.9 Å². The van der Waals surface area contributed by atoms with Gasteiger partial charge in [0, 0.05) is 25.0 Å². The van der Waals surface area contributed by atoms with Crippen molar-refractivity contribution < 1.29 is 4.79 Å². The Bertz CT molecular complexity index is 1180. The number of nitrogens with zero attached hydrogens (tertiary/aromatic N) is 7. The molecule has 1 aliphatic heterocycles. The predicted octanol–water partition coefficient (Wildman–Crippen LogP) is 2.37. The van der Waals surface area contributed by atoms with Gasteiger partial charge in [-0.25, -0.2) is 9.50 Å². The Morgan fingerprint density at radius 1 is 1.19 bits per heavy atom. The molecule has 4 aromatic rings. The smallest absolute Gasteiger partial charge is 0.257 e. The average molecular weight is 361 g/mol. The van der Waals surface area contributed by atoms with Gasteiger partial charge in [0.15, 0.2) is 17.1 Å². The van der Waals surface area contributed by atoms with Gasteiger partial charge in [0.05, 0.1) is 23.0 Å². The highest BCUT2D eigenvalue weighted by molar-refractivity contribution is 5.95. The monoisotopic (exact) mass is 361 g/mol. The molecule has 1 unspecified atom stereocenters. The van der Waals surface area contributed by atoms with Gasteiger partial charge < -0.3 is 4.90 Å². The largest absolute Gasteiger partial charge is 0.328 e. The highest BCUT2D eigenvalue weighted by atomic mass is 16.2. The fourth-order valence-electron chi connectivity index (χ4n) is 3.89. The Morgan fingerprint density at radius 3 is 2.96 bits per heavy atom. The van der Waals surface area contributed by atoms with Crippen LogP contribution in [0.25, 0.3) is 11.3 Å². The number of hydrogen-bond donors (Lipinski definition) is 0. The van der Waals surface area contributed by atoms with E-state index in [0.717, 1.165) is 41.3 Å². The van der Waals surface area contributed by atoms with Gasteiger partial charge in [-0.15, -0.1) is 10.2 Å². The lowest BCUT2D eigenvalue weighted by Crippen LogP contribution is -2.32. The number of carbonyl (C=O) groups is 1. The number of fused-ring (bicyclic) bond motifs is 2. The summed E-state index contributed by atoms with van der Waals surface area (Å²) in [4.78, 5) is 19.6. The topological polar surface area (TPSA) is 80.7 Å². The van der Waals surface area contributed by atoms with Gasteiger partial charge in [-0.1, -0.05) is 6.07 Å². The summed E-state index contributed by atoms with van der Waals surface area (Å²) in [5.41, 5.74) is 3.80. The van der Waals surface area contributed by atoms with Crippen molar-refractivity contribution in [3.8, 4) is 0 Å². The molecule has 0 aliphatic carbocycles. The molecule has 4 aromatic heterocycles. The van der Waals surface area contributed by atoms with Crippen molar-refractivity contribution in [1.29, 1.82) is 0 Å². The van der Waals surface area contributed by atoms with E-state index < -0.39 is 0 Å². The molecule has 5 rings (SSSR count). The van der Waals surface area contributed by atoms with Crippen LogP contribution in [0.2, 0.25) is 0 Å². The van der Waals surface area contributed by atoms with Crippen molar-refractivity contribution in [3.63, 3.8) is 0 Å². The minimum Gasteiger partial charge on any atom is -0.328 e. The first-order valence-electron chi connectivity index (χ1n) is 9.06. The van der Waals surface area contributed by atoms with Crippen LogP contribution in [0.3, 0.4) is 0 Å². The van der Waals surface area contributed by atoms with Gasteiger partial charge in [-0.05, 0) is 38.8 Å². The third-order valence-corrected chi connectivity index (χ3v) is 5.23. The molecule has 1 aliphatic rings. The summed E-state index contributed by atoms with van der Waals surface area (Å²) in [6, 6.07) is 7.61. The molecule has 0 saturated carbocycles. The van der Waals surface area contributed by atoms with Crippen LogP contribution in [0.1, 0.15) is 46.5 Å². The summed E-state index contributed by atoms with van der Waals surface area (Å²) in [6.45, 7) is 4.52. The number of likely N-dealkylation sites (tertiary alicyclic amines) is 1. The lowest BCUT2D eigenvalue weighted by atomic mass is 10.1. The standard InChI is InChI=1S/C19H19N7O/c1-12-10-17-20-11-14(13(2)26(17)23-12)19(27)24-9-5-6-15(24)18-22-21-16-7-3-4-8-25(16)18/h3-4,7-8,10-11,15H,5-6,9H2,1-2H3. The van der Waals surface area contributed by atoms with Crippen LogP contribution in [0.5, 0.6) is 0 Å². The fraction of sp³-hybridized carbons (Fsp3) is 0.316. The van der Waals surface area contributed by atoms with Crippen LogP contribution in [-0.2, 0) is 0 Å². The Kier molecular flexibility index (Phi) is 3.46. The van der Waals surface area contributed by atoms with Crippen molar-refractivity contribution >= 4 is 17.2 Å². The number of aromatic nitrogens is 6. The molecule has 0 N–H and O–H groups in total. The summed E-state index contributed by atoms with van der Waals surface area (Å²) in [5.74, 6) is 0.767. The minimum absolute atomic E-state index is 0.0368. The molecule has 1 atom stereocenters. The molecule has 5 heterocycles. The number of aryl methyl sites for hydroxylation is 2. The second-order valence-electron chi connectivity index (χ2n) is 6.96. The van der Waals surface area contributed by atoms with Crippen molar-refractivity contribution in [1.82, 2.24) is 34.1 Å². The lowest BCUT2D eigenvalue weighted by molar-refractivity contribution is 0.0727. The number of pyridine rings is 1.